The third kappa shape index (κ3) is 5.83. The fourth-order valence-electron chi connectivity index (χ4n) is 2.62. The molecule has 3 N–H and O–H groups in total. The minimum Gasteiger partial charge on any atom is -0.464 e. The predicted octanol–water partition coefficient (Wildman–Crippen LogP) is 1.95. The summed E-state index contributed by atoms with van der Waals surface area (Å²) in [7, 11) is 0. The summed E-state index contributed by atoms with van der Waals surface area (Å²) >= 11 is 0. The van der Waals surface area contributed by atoms with E-state index in [-0.39, 0.29) is 17.4 Å². The molecule has 0 rings (SSSR count). The second-order valence-corrected chi connectivity index (χ2v) is 7.03. The van der Waals surface area contributed by atoms with Crippen LogP contribution >= 0.6 is 0 Å². The molecule has 0 aromatic rings. The standard InChI is InChI=1S/C14H29NO3/c1-13(2,3)11(14(4,5)6)7-8-18-12(17)10(15)9-16/h10-11,16H,7-9,15H2,1-6H3. The van der Waals surface area contributed by atoms with Gasteiger partial charge in [0.25, 0.3) is 0 Å². The molecule has 0 fully saturated rings. The zero-order chi connectivity index (χ0) is 14.6. The average Bonchev–Trinajstić information content (AvgIpc) is 2.19. The lowest BCUT2D eigenvalue weighted by Gasteiger charge is -2.40. The Labute approximate surface area is 111 Å². The molecule has 0 aliphatic rings. The van der Waals surface area contributed by atoms with Gasteiger partial charge in [0.2, 0.25) is 0 Å². The summed E-state index contributed by atoms with van der Waals surface area (Å²) < 4.78 is 5.09. The van der Waals surface area contributed by atoms with Gasteiger partial charge in [-0.15, -0.1) is 0 Å². The van der Waals surface area contributed by atoms with E-state index in [4.69, 9.17) is 15.6 Å². The highest BCUT2D eigenvalue weighted by atomic mass is 16.5. The second kappa shape index (κ2) is 6.53. The monoisotopic (exact) mass is 259 g/mol. The van der Waals surface area contributed by atoms with Gasteiger partial charge in [-0.1, -0.05) is 41.5 Å². The van der Waals surface area contributed by atoms with Gasteiger partial charge in [-0.2, -0.15) is 0 Å². The van der Waals surface area contributed by atoms with Crippen molar-refractivity contribution in [2.45, 2.75) is 54.0 Å². The van der Waals surface area contributed by atoms with Crippen molar-refractivity contribution in [2.75, 3.05) is 13.2 Å². The molecule has 4 nitrogen and oxygen atoms in total. The Morgan fingerprint density at radius 2 is 1.61 bits per heavy atom. The fourth-order valence-corrected chi connectivity index (χ4v) is 2.62. The number of aliphatic hydroxyl groups is 1. The van der Waals surface area contributed by atoms with Crippen LogP contribution in [0, 0.1) is 16.7 Å². The smallest absolute Gasteiger partial charge is 0.325 e. The first-order chi connectivity index (χ1) is 8.00. The molecule has 0 aromatic heterocycles. The largest absolute Gasteiger partial charge is 0.464 e. The summed E-state index contributed by atoms with van der Waals surface area (Å²) in [5.74, 6) is -0.0952. The van der Waals surface area contributed by atoms with Gasteiger partial charge in [0.15, 0.2) is 0 Å². The molecule has 18 heavy (non-hydrogen) atoms. The molecule has 0 aromatic carbocycles. The molecule has 0 bridgehead atoms. The van der Waals surface area contributed by atoms with Gasteiger partial charge in [-0.05, 0) is 23.2 Å². The van der Waals surface area contributed by atoms with Gasteiger partial charge in [0.1, 0.15) is 6.04 Å². The molecule has 0 aliphatic carbocycles. The van der Waals surface area contributed by atoms with Crippen molar-refractivity contribution >= 4 is 5.97 Å². The molecule has 0 heterocycles. The molecule has 108 valence electrons. The van der Waals surface area contributed by atoms with E-state index in [9.17, 15) is 4.79 Å². The SMILES string of the molecule is CC(C)(C)C(CCOC(=O)C(N)CO)C(C)(C)C. The van der Waals surface area contributed by atoms with Crippen LogP contribution in [0.4, 0.5) is 0 Å². The van der Waals surface area contributed by atoms with Crippen LogP contribution in [0.5, 0.6) is 0 Å². The van der Waals surface area contributed by atoms with Crippen molar-refractivity contribution in [1.29, 1.82) is 0 Å². The quantitative estimate of drug-likeness (QED) is 0.740. The van der Waals surface area contributed by atoms with Gasteiger partial charge in [0, 0.05) is 0 Å². The molecule has 0 saturated carbocycles. The van der Waals surface area contributed by atoms with E-state index in [1.54, 1.807) is 0 Å². The summed E-state index contributed by atoms with van der Waals surface area (Å²) in [4.78, 5) is 11.3. The van der Waals surface area contributed by atoms with Crippen LogP contribution in [0.3, 0.4) is 0 Å². The van der Waals surface area contributed by atoms with Crippen molar-refractivity contribution < 1.29 is 14.6 Å². The minimum absolute atomic E-state index is 0.157. The average molecular weight is 259 g/mol. The molecule has 0 spiro atoms. The van der Waals surface area contributed by atoms with E-state index in [1.165, 1.54) is 0 Å². The first kappa shape index (κ1) is 17.4. The Kier molecular flexibility index (Phi) is 6.30. The Hall–Kier alpha value is -0.610. The zero-order valence-corrected chi connectivity index (χ0v) is 12.6. The molecule has 0 amide bonds. The number of carbonyl (C=O) groups excluding carboxylic acids is 1. The molecule has 4 heteroatoms. The molecule has 0 aliphatic heterocycles. The second-order valence-electron chi connectivity index (χ2n) is 7.03. The zero-order valence-electron chi connectivity index (χ0n) is 12.6. The molecule has 0 saturated heterocycles. The van der Waals surface area contributed by atoms with Crippen LogP contribution in [-0.4, -0.2) is 30.3 Å². The molecular weight excluding hydrogens is 230 g/mol. The number of nitrogens with two attached hydrogens (primary N) is 1. The maximum atomic E-state index is 11.3. The van der Waals surface area contributed by atoms with E-state index in [0.717, 1.165) is 6.42 Å². The highest BCUT2D eigenvalue weighted by Crippen LogP contribution is 2.41. The maximum absolute atomic E-state index is 11.3. The van der Waals surface area contributed by atoms with Gasteiger partial charge in [-0.25, -0.2) is 0 Å². The van der Waals surface area contributed by atoms with E-state index in [0.29, 0.717) is 12.5 Å². The predicted molar refractivity (Wildman–Crippen MR) is 73.0 cm³/mol. The van der Waals surface area contributed by atoms with Crippen molar-refractivity contribution in [1.82, 2.24) is 0 Å². The lowest BCUT2D eigenvalue weighted by molar-refractivity contribution is -0.147. The number of carbonyl (C=O) groups is 1. The van der Waals surface area contributed by atoms with E-state index >= 15 is 0 Å². The van der Waals surface area contributed by atoms with Crippen LogP contribution in [0.25, 0.3) is 0 Å². The summed E-state index contributed by atoms with van der Waals surface area (Å²) in [5, 5.41) is 8.75. The summed E-state index contributed by atoms with van der Waals surface area (Å²) in [6, 6.07) is -0.923. The Balaban J connectivity index is 4.36. The van der Waals surface area contributed by atoms with Crippen LogP contribution in [-0.2, 0) is 9.53 Å². The number of aliphatic hydroxyl groups excluding tert-OH is 1. The van der Waals surface area contributed by atoms with Crippen molar-refractivity contribution in [2.24, 2.45) is 22.5 Å². The van der Waals surface area contributed by atoms with Gasteiger partial charge in [-0.3, -0.25) is 4.79 Å². The van der Waals surface area contributed by atoms with Crippen molar-refractivity contribution in [3.63, 3.8) is 0 Å². The highest BCUT2D eigenvalue weighted by Gasteiger charge is 2.34. The van der Waals surface area contributed by atoms with E-state index < -0.39 is 12.0 Å². The highest BCUT2D eigenvalue weighted by molar-refractivity contribution is 5.75. The molecule has 1 unspecified atom stereocenters. The normalized spacial score (nSPS) is 14.7. The van der Waals surface area contributed by atoms with Gasteiger partial charge >= 0.3 is 5.97 Å². The van der Waals surface area contributed by atoms with E-state index in [2.05, 4.69) is 41.5 Å². The topological polar surface area (TPSA) is 72.5 Å². The lowest BCUT2D eigenvalue weighted by atomic mass is 9.65. The summed E-state index contributed by atoms with van der Waals surface area (Å²) in [6.45, 7) is 13.2. The van der Waals surface area contributed by atoms with Crippen molar-refractivity contribution in [3.05, 3.63) is 0 Å². The fraction of sp³-hybridized carbons (Fsp3) is 0.929. The van der Waals surface area contributed by atoms with Crippen LogP contribution in [0.15, 0.2) is 0 Å². The minimum atomic E-state index is -0.923. The summed E-state index contributed by atoms with van der Waals surface area (Å²) in [5.41, 5.74) is 5.69. The third-order valence-electron chi connectivity index (χ3n) is 3.24. The number of ether oxygens (including phenoxy) is 1. The van der Waals surface area contributed by atoms with E-state index in [1.807, 2.05) is 0 Å². The number of hydrogen-bond donors (Lipinski definition) is 2. The Morgan fingerprint density at radius 1 is 1.17 bits per heavy atom. The molecule has 0 radical (unpaired) electrons. The van der Waals surface area contributed by atoms with Gasteiger partial charge in [0.05, 0.1) is 13.2 Å². The van der Waals surface area contributed by atoms with Gasteiger partial charge < -0.3 is 15.6 Å². The third-order valence-corrected chi connectivity index (χ3v) is 3.24. The number of rotatable bonds is 5. The summed E-state index contributed by atoms with van der Waals surface area (Å²) in [6.07, 6.45) is 0.802. The maximum Gasteiger partial charge on any atom is 0.325 e. The Bertz CT molecular complexity index is 249. The van der Waals surface area contributed by atoms with Crippen LogP contribution in [0.2, 0.25) is 0 Å². The molecular formula is C14H29NO3. The van der Waals surface area contributed by atoms with Crippen molar-refractivity contribution in [3.8, 4) is 0 Å². The Morgan fingerprint density at radius 3 is 1.94 bits per heavy atom. The van der Waals surface area contributed by atoms with Crippen LogP contribution in [0.1, 0.15) is 48.0 Å². The lowest BCUT2D eigenvalue weighted by Crippen LogP contribution is -2.37. The molecule has 1 atom stereocenters. The first-order valence-corrected chi connectivity index (χ1v) is 6.53. The first-order valence-electron chi connectivity index (χ1n) is 6.53. The number of esters is 1. The van der Waals surface area contributed by atoms with Crippen LogP contribution < -0.4 is 5.73 Å². The number of hydrogen-bond acceptors (Lipinski definition) is 4.